The van der Waals surface area contributed by atoms with E-state index in [4.69, 9.17) is 0 Å². The number of Topliss-reactive ketones (excluding diaryl/α,β-unsaturated/α-hetero) is 1. The minimum atomic E-state index is -4.10. The number of rotatable bonds is 9. The molecule has 2 aromatic carbocycles. The third-order valence-corrected chi connectivity index (χ3v) is 7.25. The molecule has 0 aliphatic rings. The van der Waals surface area contributed by atoms with Gasteiger partial charge in [0.2, 0.25) is 13.2 Å². The molecule has 0 bridgehead atoms. The van der Waals surface area contributed by atoms with Crippen LogP contribution in [0, 0.1) is 5.92 Å². The summed E-state index contributed by atoms with van der Waals surface area (Å²) in [7, 11) is -4.10. The lowest BCUT2D eigenvalue weighted by molar-refractivity contribution is -0.141. The number of carbonyl (C=O) groups excluding carboxylic acids is 2. The third kappa shape index (κ3) is 6.63. The van der Waals surface area contributed by atoms with Gasteiger partial charge in [-0.05, 0) is 31.0 Å². The monoisotopic (exact) mass is 481 g/mol. The highest BCUT2D eigenvalue weighted by molar-refractivity contribution is 9.10. The number of carbonyl (C=O) groups is 3. The van der Waals surface area contributed by atoms with E-state index in [0.29, 0.717) is 5.56 Å². The van der Waals surface area contributed by atoms with E-state index in [1.807, 2.05) is 0 Å². The summed E-state index contributed by atoms with van der Waals surface area (Å²) in [5.74, 6) is -5.44. The molecule has 0 saturated heterocycles. The van der Waals surface area contributed by atoms with Gasteiger partial charge in [0.1, 0.15) is 5.78 Å². The molecule has 7 nitrogen and oxygen atoms in total. The number of carboxylic acids is 1. The molecule has 0 aromatic heterocycles. The van der Waals surface area contributed by atoms with Gasteiger partial charge in [0.15, 0.2) is 0 Å². The molecule has 2 aromatic rings. The largest absolute Gasteiger partial charge is 0.481 e. The lowest BCUT2D eigenvalue weighted by Crippen LogP contribution is -2.39. The van der Waals surface area contributed by atoms with Crippen molar-refractivity contribution < 1.29 is 28.9 Å². The van der Waals surface area contributed by atoms with Crippen LogP contribution in [0.15, 0.2) is 59.1 Å². The van der Waals surface area contributed by atoms with Crippen molar-refractivity contribution in [3.05, 3.63) is 70.2 Å². The summed E-state index contributed by atoms with van der Waals surface area (Å²) in [6.45, 7) is 1.29. The minimum Gasteiger partial charge on any atom is -0.481 e. The van der Waals surface area contributed by atoms with Crippen LogP contribution in [0.1, 0.15) is 22.8 Å². The second-order valence-electron chi connectivity index (χ2n) is 6.65. The second-order valence-corrected chi connectivity index (χ2v) is 10.2. The zero-order chi connectivity index (χ0) is 21.6. The Morgan fingerprint density at radius 3 is 2.21 bits per heavy atom. The summed E-state index contributed by atoms with van der Waals surface area (Å²) >= 11 is 3.29. The van der Waals surface area contributed by atoms with Crippen LogP contribution in [-0.4, -0.2) is 39.6 Å². The Hall–Kier alpha value is -2.28. The van der Waals surface area contributed by atoms with Crippen molar-refractivity contribution in [1.29, 1.82) is 0 Å². The molecule has 9 heteroatoms. The average Bonchev–Trinajstić information content (AvgIpc) is 2.68. The molecule has 0 heterocycles. The van der Waals surface area contributed by atoms with E-state index in [-0.39, 0.29) is 12.0 Å². The Balaban J connectivity index is 2.05. The van der Waals surface area contributed by atoms with Crippen LogP contribution < -0.4 is 5.32 Å². The first-order valence-electron chi connectivity index (χ1n) is 8.79. The number of benzene rings is 2. The summed E-state index contributed by atoms with van der Waals surface area (Å²) in [4.78, 5) is 46.2. The first-order chi connectivity index (χ1) is 13.6. The van der Waals surface area contributed by atoms with Crippen molar-refractivity contribution in [1.82, 2.24) is 5.32 Å². The SMILES string of the molecule is CC(NC(=O)C(=O)c1ccccc1)P(=O)(O)CC(Cc1ccc(Br)cc1)C(=O)O. The molecule has 1 amide bonds. The molecule has 3 atom stereocenters. The van der Waals surface area contributed by atoms with Gasteiger partial charge in [-0.25, -0.2) is 0 Å². The molecule has 3 N–H and O–H groups in total. The fourth-order valence-electron chi connectivity index (χ4n) is 2.69. The number of carboxylic acid groups (broad SMARTS) is 1. The maximum atomic E-state index is 12.7. The standard InChI is InChI=1S/C20H21BrNO6P/c1-13(22-19(24)18(23)15-5-3-2-4-6-15)29(27,28)12-16(20(25)26)11-14-7-9-17(21)10-8-14/h2-10,13,16H,11-12H2,1H3,(H,22,24)(H,25,26)(H,27,28). The molecular weight excluding hydrogens is 461 g/mol. The lowest BCUT2D eigenvalue weighted by Gasteiger charge is -2.23. The van der Waals surface area contributed by atoms with Gasteiger partial charge in [-0.3, -0.25) is 18.9 Å². The van der Waals surface area contributed by atoms with Crippen LogP contribution in [-0.2, 0) is 20.6 Å². The highest BCUT2D eigenvalue weighted by atomic mass is 79.9. The van der Waals surface area contributed by atoms with Crippen molar-refractivity contribution in [3.63, 3.8) is 0 Å². The predicted octanol–water partition coefficient (Wildman–Crippen LogP) is 3.31. The van der Waals surface area contributed by atoms with Crippen LogP contribution in [0.4, 0.5) is 0 Å². The Kier molecular flexibility index (Phi) is 7.90. The second kappa shape index (κ2) is 9.96. The Labute approximate surface area is 176 Å². The molecule has 3 unspecified atom stereocenters. The van der Waals surface area contributed by atoms with E-state index < -0.39 is 42.9 Å². The number of hydrogen-bond donors (Lipinski definition) is 3. The first kappa shape index (κ1) is 23.0. The summed E-state index contributed by atoms with van der Waals surface area (Å²) in [6, 6.07) is 14.8. The molecule has 154 valence electrons. The fraction of sp³-hybridized carbons (Fsp3) is 0.250. The van der Waals surface area contributed by atoms with E-state index in [2.05, 4.69) is 21.2 Å². The summed E-state index contributed by atoms with van der Waals surface area (Å²) in [6.07, 6.45) is -0.462. The molecule has 0 aliphatic heterocycles. The minimum absolute atomic E-state index is 0.0662. The zero-order valence-corrected chi connectivity index (χ0v) is 18.1. The number of nitrogens with one attached hydrogen (secondary N) is 1. The van der Waals surface area contributed by atoms with Gasteiger partial charge in [0.05, 0.1) is 5.92 Å². The van der Waals surface area contributed by atoms with Crippen LogP contribution in [0.3, 0.4) is 0 Å². The quantitative estimate of drug-likeness (QED) is 0.287. The van der Waals surface area contributed by atoms with Gasteiger partial charge in [0.25, 0.3) is 5.91 Å². The molecule has 29 heavy (non-hydrogen) atoms. The van der Waals surface area contributed by atoms with Crippen molar-refractivity contribution in [2.24, 2.45) is 5.92 Å². The van der Waals surface area contributed by atoms with E-state index in [9.17, 15) is 28.9 Å². The van der Waals surface area contributed by atoms with Crippen LogP contribution in [0.5, 0.6) is 0 Å². The van der Waals surface area contributed by atoms with Crippen molar-refractivity contribution in [2.45, 2.75) is 19.1 Å². The predicted molar refractivity (Wildman–Crippen MR) is 112 cm³/mol. The van der Waals surface area contributed by atoms with E-state index in [0.717, 1.165) is 4.47 Å². The number of ketones is 1. The molecule has 0 aliphatic carbocycles. The van der Waals surface area contributed by atoms with Gasteiger partial charge in [-0.2, -0.15) is 0 Å². The van der Waals surface area contributed by atoms with Crippen LogP contribution in [0.25, 0.3) is 0 Å². The van der Waals surface area contributed by atoms with E-state index >= 15 is 0 Å². The zero-order valence-electron chi connectivity index (χ0n) is 15.6. The maximum Gasteiger partial charge on any atom is 0.307 e. The molecule has 2 rings (SSSR count). The number of aliphatic carboxylic acids is 1. The summed E-state index contributed by atoms with van der Waals surface area (Å²) in [5, 5.41) is 11.7. The Morgan fingerprint density at radius 1 is 1.07 bits per heavy atom. The third-order valence-electron chi connectivity index (χ3n) is 4.41. The molecule has 0 saturated carbocycles. The first-order valence-corrected chi connectivity index (χ1v) is 11.5. The van der Waals surface area contributed by atoms with Crippen molar-refractivity contribution in [2.75, 3.05) is 6.16 Å². The normalized spacial score (nSPS) is 15.0. The molecular formula is C20H21BrNO6P. The van der Waals surface area contributed by atoms with Gasteiger partial charge in [-0.1, -0.05) is 58.4 Å². The van der Waals surface area contributed by atoms with Crippen LogP contribution >= 0.6 is 23.3 Å². The van der Waals surface area contributed by atoms with E-state index in [1.54, 1.807) is 42.5 Å². The van der Waals surface area contributed by atoms with Gasteiger partial charge < -0.3 is 15.3 Å². The smallest absolute Gasteiger partial charge is 0.307 e. The molecule has 0 spiro atoms. The van der Waals surface area contributed by atoms with Crippen molar-refractivity contribution in [3.8, 4) is 0 Å². The topological polar surface area (TPSA) is 121 Å². The van der Waals surface area contributed by atoms with Crippen molar-refractivity contribution >= 4 is 41.0 Å². The van der Waals surface area contributed by atoms with Crippen LogP contribution in [0.2, 0.25) is 0 Å². The van der Waals surface area contributed by atoms with E-state index in [1.165, 1.54) is 19.1 Å². The fourth-order valence-corrected chi connectivity index (χ4v) is 4.50. The molecule has 0 fully saturated rings. The average molecular weight is 482 g/mol. The van der Waals surface area contributed by atoms with Gasteiger partial charge in [0, 0.05) is 16.2 Å². The highest BCUT2D eigenvalue weighted by Gasteiger charge is 2.35. The molecule has 0 radical (unpaired) electrons. The maximum absolute atomic E-state index is 12.7. The lowest BCUT2D eigenvalue weighted by atomic mass is 10.0. The summed E-state index contributed by atoms with van der Waals surface area (Å²) in [5.41, 5.74) is 0.861. The van der Waals surface area contributed by atoms with Gasteiger partial charge >= 0.3 is 5.97 Å². The number of halogens is 1. The Bertz CT molecular complexity index is 932. The van der Waals surface area contributed by atoms with Gasteiger partial charge in [-0.15, -0.1) is 0 Å². The highest BCUT2D eigenvalue weighted by Crippen LogP contribution is 2.47. The number of amides is 1. The Morgan fingerprint density at radius 2 is 1.66 bits per heavy atom. The number of hydrogen-bond acceptors (Lipinski definition) is 4. The summed E-state index contributed by atoms with van der Waals surface area (Å²) < 4.78 is 13.6.